The minimum absolute atomic E-state index is 0.680. The topological polar surface area (TPSA) is 24.5 Å². The summed E-state index contributed by atoms with van der Waals surface area (Å²) < 4.78 is 7.85. The van der Waals surface area contributed by atoms with Gasteiger partial charge in [-0.05, 0) is 60.9 Å². The normalized spacial score (nSPS) is 19.1. The average molecular weight is 420 g/mol. The lowest BCUT2D eigenvalue weighted by Gasteiger charge is -2.23. The summed E-state index contributed by atoms with van der Waals surface area (Å²) in [7, 11) is 0. The molecule has 1 fully saturated rings. The second-order valence-corrected chi connectivity index (χ2v) is 7.13. The number of likely N-dealkylation sites (tertiary alicyclic amines) is 1. The Bertz CT molecular complexity index is 468. The number of benzene rings is 1. The Hall–Kier alpha value is -0.100. The van der Waals surface area contributed by atoms with Gasteiger partial charge in [-0.25, -0.2) is 0 Å². The Morgan fingerprint density at radius 1 is 1.33 bits per heavy atom. The molecule has 0 bridgehead atoms. The van der Waals surface area contributed by atoms with E-state index in [1.165, 1.54) is 24.9 Å². The highest BCUT2D eigenvalue weighted by Crippen LogP contribution is 2.33. The fraction of sp³-hybridized carbons (Fsp3) is 0.625. The highest BCUT2D eigenvalue weighted by Gasteiger charge is 2.22. The highest BCUT2D eigenvalue weighted by molar-refractivity contribution is 9.11. The van der Waals surface area contributed by atoms with Crippen molar-refractivity contribution in [2.75, 3.05) is 26.2 Å². The molecule has 1 aliphatic heterocycles. The predicted octanol–water partition coefficient (Wildman–Crippen LogP) is 4.18. The first-order valence-corrected chi connectivity index (χ1v) is 9.29. The van der Waals surface area contributed by atoms with Gasteiger partial charge in [-0.2, -0.15) is 0 Å². The van der Waals surface area contributed by atoms with Crippen LogP contribution in [0.1, 0.15) is 32.3 Å². The third-order valence-corrected chi connectivity index (χ3v) is 5.02. The van der Waals surface area contributed by atoms with E-state index >= 15 is 0 Å². The molecule has 1 aliphatic rings. The molecule has 1 N–H and O–H groups in total. The van der Waals surface area contributed by atoms with Gasteiger partial charge in [0.2, 0.25) is 0 Å². The molecule has 0 saturated carbocycles. The zero-order valence-corrected chi connectivity index (χ0v) is 16.0. The molecule has 1 saturated heterocycles. The summed E-state index contributed by atoms with van der Waals surface area (Å²) >= 11 is 7.14. The van der Waals surface area contributed by atoms with Crippen molar-refractivity contribution in [3.63, 3.8) is 0 Å². The first-order chi connectivity index (χ1) is 10.2. The molecule has 3 nitrogen and oxygen atoms in total. The second kappa shape index (κ2) is 8.51. The van der Waals surface area contributed by atoms with Crippen molar-refractivity contribution in [1.82, 2.24) is 10.2 Å². The van der Waals surface area contributed by atoms with E-state index in [1.54, 1.807) is 0 Å². The highest BCUT2D eigenvalue weighted by atomic mass is 79.9. The van der Waals surface area contributed by atoms with E-state index in [9.17, 15) is 0 Å². The molecule has 0 spiro atoms. The molecule has 0 aromatic heterocycles. The third-order valence-electron chi connectivity index (χ3n) is 3.97. The van der Waals surface area contributed by atoms with Crippen LogP contribution in [0.2, 0.25) is 0 Å². The van der Waals surface area contributed by atoms with Crippen LogP contribution in [0, 0.1) is 0 Å². The van der Waals surface area contributed by atoms with Crippen LogP contribution in [0.4, 0.5) is 0 Å². The molecule has 1 heterocycles. The summed E-state index contributed by atoms with van der Waals surface area (Å²) in [5.74, 6) is 0.951. The molecule has 1 aromatic carbocycles. The van der Waals surface area contributed by atoms with Crippen molar-refractivity contribution >= 4 is 31.9 Å². The van der Waals surface area contributed by atoms with Crippen molar-refractivity contribution in [1.29, 1.82) is 0 Å². The number of ether oxygens (including phenoxy) is 1. The minimum Gasteiger partial charge on any atom is -0.492 e. The van der Waals surface area contributed by atoms with Crippen molar-refractivity contribution in [3.8, 4) is 5.75 Å². The first-order valence-electron chi connectivity index (χ1n) is 7.71. The Kier molecular flexibility index (Phi) is 6.99. The molecule has 1 aromatic rings. The predicted molar refractivity (Wildman–Crippen MR) is 95.0 cm³/mol. The van der Waals surface area contributed by atoms with Crippen LogP contribution in [0.25, 0.3) is 0 Å². The molecule has 118 valence electrons. The number of hydrogen-bond acceptors (Lipinski definition) is 3. The number of nitrogens with one attached hydrogen (secondary N) is 1. The molecule has 5 heteroatoms. The van der Waals surface area contributed by atoms with Gasteiger partial charge in [0, 0.05) is 29.2 Å². The molecule has 2 rings (SSSR count). The largest absolute Gasteiger partial charge is 0.492 e. The van der Waals surface area contributed by atoms with Crippen LogP contribution in [-0.4, -0.2) is 37.2 Å². The van der Waals surface area contributed by atoms with Gasteiger partial charge in [0.1, 0.15) is 5.75 Å². The van der Waals surface area contributed by atoms with Crippen LogP contribution in [0.3, 0.4) is 0 Å². The van der Waals surface area contributed by atoms with Crippen LogP contribution >= 0.6 is 31.9 Å². The zero-order valence-electron chi connectivity index (χ0n) is 12.8. The summed E-state index contributed by atoms with van der Waals surface area (Å²) in [5.41, 5.74) is 1.19. The Morgan fingerprint density at radius 2 is 2.14 bits per heavy atom. The maximum absolute atomic E-state index is 5.77. The molecule has 21 heavy (non-hydrogen) atoms. The Morgan fingerprint density at radius 3 is 2.86 bits per heavy atom. The van der Waals surface area contributed by atoms with E-state index in [0.717, 1.165) is 34.3 Å². The van der Waals surface area contributed by atoms with Gasteiger partial charge < -0.3 is 10.1 Å². The van der Waals surface area contributed by atoms with Crippen molar-refractivity contribution < 1.29 is 4.74 Å². The van der Waals surface area contributed by atoms with Gasteiger partial charge in [0.05, 0.1) is 11.1 Å². The molecule has 1 atom stereocenters. The lowest BCUT2D eigenvalue weighted by molar-refractivity contribution is 0.259. The zero-order chi connectivity index (χ0) is 15.2. The molecule has 0 amide bonds. The van der Waals surface area contributed by atoms with E-state index in [-0.39, 0.29) is 0 Å². The summed E-state index contributed by atoms with van der Waals surface area (Å²) in [6, 6.07) is 4.85. The minimum atomic E-state index is 0.680. The van der Waals surface area contributed by atoms with Crippen LogP contribution in [0.15, 0.2) is 21.1 Å². The fourth-order valence-corrected chi connectivity index (χ4v) is 4.40. The van der Waals surface area contributed by atoms with Gasteiger partial charge >= 0.3 is 0 Å². The number of halogens is 2. The van der Waals surface area contributed by atoms with Gasteiger partial charge in [-0.1, -0.05) is 22.9 Å². The fourth-order valence-electron chi connectivity index (χ4n) is 2.97. The maximum Gasteiger partial charge on any atom is 0.138 e. The maximum atomic E-state index is 5.77. The molecule has 0 unspecified atom stereocenters. The summed E-state index contributed by atoms with van der Waals surface area (Å²) in [5, 5.41) is 3.60. The van der Waals surface area contributed by atoms with E-state index in [1.807, 2.05) is 13.0 Å². The van der Waals surface area contributed by atoms with Crippen molar-refractivity contribution in [2.45, 2.75) is 39.3 Å². The Balaban J connectivity index is 1.96. The number of likely N-dealkylation sites (N-methyl/N-ethyl adjacent to an activating group) is 1. The van der Waals surface area contributed by atoms with Gasteiger partial charge in [0.15, 0.2) is 0 Å². The van der Waals surface area contributed by atoms with Crippen molar-refractivity contribution in [2.24, 2.45) is 0 Å². The summed E-state index contributed by atoms with van der Waals surface area (Å²) in [4.78, 5) is 2.56. The molecule has 0 radical (unpaired) electrons. The van der Waals surface area contributed by atoms with E-state index in [2.05, 4.69) is 55.1 Å². The Labute approximate surface area is 144 Å². The molecule has 0 aliphatic carbocycles. The third kappa shape index (κ3) is 4.68. The summed E-state index contributed by atoms with van der Waals surface area (Å²) in [6.07, 6.45) is 2.63. The van der Waals surface area contributed by atoms with Crippen LogP contribution in [0.5, 0.6) is 5.75 Å². The molecular weight excluding hydrogens is 396 g/mol. The van der Waals surface area contributed by atoms with Gasteiger partial charge in [-0.15, -0.1) is 0 Å². The molecular formula is C16H24Br2N2O. The monoisotopic (exact) mass is 418 g/mol. The standard InChI is InChI=1S/C16H24Br2N2O/c1-3-20-7-5-6-14(20)11-19-10-12-8-13(17)9-15(18)16(12)21-4-2/h8-9,14,19H,3-7,10-11H2,1-2H3/t14-/m0/s1. The van der Waals surface area contributed by atoms with Gasteiger partial charge in [0.25, 0.3) is 0 Å². The number of hydrogen-bond donors (Lipinski definition) is 1. The van der Waals surface area contributed by atoms with Crippen LogP contribution < -0.4 is 10.1 Å². The number of nitrogens with zero attached hydrogens (tertiary/aromatic N) is 1. The van der Waals surface area contributed by atoms with Crippen LogP contribution in [-0.2, 0) is 6.54 Å². The quantitative estimate of drug-likeness (QED) is 0.717. The number of rotatable bonds is 7. The van der Waals surface area contributed by atoms with E-state index < -0.39 is 0 Å². The van der Waals surface area contributed by atoms with E-state index in [0.29, 0.717) is 12.6 Å². The summed E-state index contributed by atoms with van der Waals surface area (Å²) in [6.45, 7) is 9.22. The second-order valence-electron chi connectivity index (χ2n) is 5.36. The van der Waals surface area contributed by atoms with Gasteiger partial charge in [-0.3, -0.25) is 4.90 Å². The average Bonchev–Trinajstić information content (AvgIpc) is 2.90. The SMILES string of the molecule is CCOc1c(Br)cc(Br)cc1CNC[C@@H]1CCCN1CC. The van der Waals surface area contributed by atoms with Crippen molar-refractivity contribution in [3.05, 3.63) is 26.6 Å². The first kappa shape index (κ1) is 17.3. The lowest BCUT2D eigenvalue weighted by atomic mass is 10.2. The van der Waals surface area contributed by atoms with E-state index in [4.69, 9.17) is 4.74 Å². The lowest BCUT2D eigenvalue weighted by Crippen LogP contribution is -2.37. The smallest absolute Gasteiger partial charge is 0.138 e.